The third-order valence-electron chi connectivity index (χ3n) is 3.21. The van der Waals surface area contributed by atoms with Gasteiger partial charge in [0, 0.05) is 7.05 Å². The lowest BCUT2D eigenvalue weighted by Crippen LogP contribution is -2.27. The molecule has 2 rings (SSSR count). The molecule has 2 aromatic rings. The van der Waals surface area contributed by atoms with E-state index in [1.54, 1.807) is 18.2 Å². The molecule has 0 spiro atoms. The van der Waals surface area contributed by atoms with Crippen molar-refractivity contribution in [1.29, 1.82) is 0 Å². The Morgan fingerprint density at radius 3 is 2.29 bits per heavy atom. The number of hydrogen-bond donors (Lipinski definition) is 1. The predicted octanol–water partition coefficient (Wildman–Crippen LogP) is 2.15. The Morgan fingerprint density at radius 2 is 1.71 bits per heavy atom. The van der Waals surface area contributed by atoms with Crippen molar-refractivity contribution in [1.82, 2.24) is 0 Å². The highest BCUT2D eigenvalue weighted by atomic mass is 32.2. The Hall–Kier alpha value is -1.92. The van der Waals surface area contributed by atoms with Crippen molar-refractivity contribution in [3.05, 3.63) is 59.9 Å². The number of anilines is 1. The van der Waals surface area contributed by atoms with Crippen LogP contribution in [0.3, 0.4) is 0 Å². The van der Waals surface area contributed by atoms with Gasteiger partial charge in [0.1, 0.15) is 5.82 Å². The van der Waals surface area contributed by atoms with Crippen LogP contribution in [0.15, 0.2) is 53.4 Å². The first-order chi connectivity index (χ1) is 9.96. The summed E-state index contributed by atoms with van der Waals surface area (Å²) in [5, 5.41) is 0. The van der Waals surface area contributed by atoms with Crippen LogP contribution < -0.4 is 10.0 Å². The lowest BCUT2D eigenvalue weighted by molar-refractivity contribution is 0.589. The molecule has 0 fully saturated rings. The van der Waals surface area contributed by atoms with E-state index in [0.717, 1.165) is 9.87 Å². The maximum atomic E-state index is 13.7. The molecule has 0 atom stereocenters. The SMILES string of the molecule is CN(c1ccccc1F)S(=O)(=O)c1ccc(CCN)cc1. The lowest BCUT2D eigenvalue weighted by Gasteiger charge is -2.20. The van der Waals surface area contributed by atoms with E-state index in [0.29, 0.717) is 13.0 Å². The summed E-state index contributed by atoms with van der Waals surface area (Å²) in [6, 6.07) is 12.2. The molecule has 2 aromatic carbocycles. The summed E-state index contributed by atoms with van der Waals surface area (Å²) in [4.78, 5) is 0.119. The standard InChI is InChI=1S/C15H17FN2O2S/c1-18(15-5-3-2-4-14(15)16)21(19,20)13-8-6-12(7-9-13)10-11-17/h2-9H,10-11,17H2,1H3. The average molecular weight is 308 g/mol. The molecule has 0 bridgehead atoms. The van der Waals surface area contributed by atoms with Crippen molar-refractivity contribution in [2.45, 2.75) is 11.3 Å². The number of nitrogens with zero attached hydrogens (tertiary/aromatic N) is 1. The molecular formula is C15H17FN2O2S. The quantitative estimate of drug-likeness (QED) is 0.920. The largest absolute Gasteiger partial charge is 0.330 e. The van der Waals surface area contributed by atoms with Gasteiger partial charge in [0.25, 0.3) is 10.0 Å². The summed E-state index contributed by atoms with van der Waals surface area (Å²) in [6.45, 7) is 0.501. The minimum atomic E-state index is -3.78. The zero-order valence-corrected chi connectivity index (χ0v) is 12.5. The van der Waals surface area contributed by atoms with E-state index in [9.17, 15) is 12.8 Å². The molecule has 2 N–H and O–H groups in total. The molecule has 0 radical (unpaired) electrons. The molecule has 4 nitrogen and oxygen atoms in total. The molecule has 0 unspecified atom stereocenters. The van der Waals surface area contributed by atoms with Gasteiger partial charge in [-0.25, -0.2) is 12.8 Å². The van der Waals surface area contributed by atoms with E-state index >= 15 is 0 Å². The fourth-order valence-corrected chi connectivity index (χ4v) is 3.19. The van der Waals surface area contributed by atoms with E-state index < -0.39 is 15.8 Å². The van der Waals surface area contributed by atoms with Crippen molar-refractivity contribution < 1.29 is 12.8 Å². The van der Waals surface area contributed by atoms with Crippen LogP contribution in [0, 0.1) is 5.82 Å². The van der Waals surface area contributed by atoms with Gasteiger partial charge in [-0.2, -0.15) is 0 Å². The molecule has 0 amide bonds. The Balaban J connectivity index is 2.35. The smallest absolute Gasteiger partial charge is 0.264 e. The van der Waals surface area contributed by atoms with Crippen molar-refractivity contribution in [3.63, 3.8) is 0 Å². The van der Waals surface area contributed by atoms with E-state index in [4.69, 9.17) is 5.73 Å². The topological polar surface area (TPSA) is 63.4 Å². The first kappa shape index (κ1) is 15.5. The molecule has 0 heterocycles. The van der Waals surface area contributed by atoms with Crippen molar-refractivity contribution >= 4 is 15.7 Å². The second-order valence-electron chi connectivity index (χ2n) is 4.61. The van der Waals surface area contributed by atoms with Gasteiger partial charge in [0.15, 0.2) is 0 Å². The van der Waals surface area contributed by atoms with E-state index in [2.05, 4.69) is 0 Å². The Labute approximate surface area is 124 Å². The van der Waals surface area contributed by atoms with E-state index in [1.165, 1.54) is 37.4 Å². The number of benzene rings is 2. The highest BCUT2D eigenvalue weighted by Gasteiger charge is 2.23. The molecule has 0 aromatic heterocycles. The summed E-state index contributed by atoms with van der Waals surface area (Å²) >= 11 is 0. The van der Waals surface area contributed by atoms with Gasteiger partial charge >= 0.3 is 0 Å². The summed E-state index contributed by atoms with van der Waals surface area (Å²) in [5.41, 5.74) is 6.44. The minimum Gasteiger partial charge on any atom is -0.330 e. The number of nitrogens with two attached hydrogens (primary N) is 1. The molecule has 0 saturated carbocycles. The number of sulfonamides is 1. The lowest BCUT2D eigenvalue weighted by atomic mass is 10.2. The normalized spacial score (nSPS) is 11.4. The Bertz CT molecular complexity index is 715. The summed E-state index contributed by atoms with van der Waals surface area (Å²) in [5.74, 6) is -0.580. The van der Waals surface area contributed by atoms with Crippen LogP contribution in [-0.2, 0) is 16.4 Å². The highest BCUT2D eigenvalue weighted by Crippen LogP contribution is 2.24. The molecule has 0 saturated heterocycles. The Kier molecular flexibility index (Phi) is 4.59. The van der Waals surface area contributed by atoms with E-state index in [1.807, 2.05) is 0 Å². The molecule has 0 aliphatic rings. The van der Waals surface area contributed by atoms with Gasteiger partial charge in [0.05, 0.1) is 10.6 Å². The highest BCUT2D eigenvalue weighted by molar-refractivity contribution is 7.92. The summed E-state index contributed by atoms with van der Waals surface area (Å²) in [6.07, 6.45) is 0.684. The number of hydrogen-bond acceptors (Lipinski definition) is 3. The average Bonchev–Trinajstić information content (AvgIpc) is 2.48. The molecule has 6 heteroatoms. The fraction of sp³-hybridized carbons (Fsp3) is 0.200. The van der Waals surface area contributed by atoms with Crippen molar-refractivity contribution in [2.75, 3.05) is 17.9 Å². The third kappa shape index (κ3) is 3.22. The van der Waals surface area contributed by atoms with Crippen LogP contribution in [0.4, 0.5) is 10.1 Å². The van der Waals surface area contributed by atoms with Gasteiger partial charge in [-0.3, -0.25) is 4.31 Å². The second-order valence-corrected chi connectivity index (χ2v) is 6.58. The first-order valence-electron chi connectivity index (χ1n) is 6.49. The number of halogens is 1. The van der Waals surface area contributed by atoms with Crippen LogP contribution >= 0.6 is 0 Å². The van der Waals surface area contributed by atoms with Gasteiger partial charge in [0.2, 0.25) is 0 Å². The maximum Gasteiger partial charge on any atom is 0.264 e. The Morgan fingerprint density at radius 1 is 1.10 bits per heavy atom. The minimum absolute atomic E-state index is 0.0172. The maximum absolute atomic E-state index is 13.7. The van der Waals surface area contributed by atoms with E-state index in [-0.39, 0.29) is 10.6 Å². The summed E-state index contributed by atoms with van der Waals surface area (Å²) < 4.78 is 39.7. The van der Waals surface area contributed by atoms with Crippen molar-refractivity contribution in [3.8, 4) is 0 Å². The first-order valence-corrected chi connectivity index (χ1v) is 7.93. The number of para-hydroxylation sites is 1. The summed E-state index contributed by atoms with van der Waals surface area (Å²) in [7, 11) is -2.45. The zero-order chi connectivity index (χ0) is 15.5. The van der Waals surface area contributed by atoms with Gasteiger partial charge in [-0.1, -0.05) is 24.3 Å². The fourth-order valence-electron chi connectivity index (χ4n) is 1.99. The van der Waals surface area contributed by atoms with Crippen molar-refractivity contribution in [2.24, 2.45) is 5.73 Å². The van der Waals surface area contributed by atoms with Gasteiger partial charge in [-0.05, 0) is 42.8 Å². The van der Waals surface area contributed by atoms with Gasteiger partial charge < -0.3 is 5.73 Å². The van der Waals surface area contributed by atoms with Crippen LogP contribution in [-0.4, -0.2) is 22.0 Å². The van der Waals surface area contributed by atoms with Gasteiger partial charge in [-0.15, -0.1) is 0 Å². The molecule has 0 aliphatic carbocycles. The monoisotopic (exact) mass is 308 g/mol. The van der Waals surface area contributed by atoms with Crippen LogP contribution in [0.1, 0.15) is 5.56 Å². The molecule has 0 aliphatic heterocycles. The molecule has 21 heavy (non-hydrogen) atoms. The predicted molar refractivity (Wildman–Crippen MR) is 81.2 cm³/mol. The molecule has 112 valence electrons. The third-order valence-corrected chi connectivity index (χ3v) is 4.99. The second kappa shape index (κ2) is 6.24. The van der Waals surface area contributed by atoms with Crippen LogP contribution in [0.5, 0.6) is 0 Å². The zero-order valence-electron chi connectivity index (χ0n) is 11.7. The molecular weight excluding hydrogens is 291 g/mol. The number of rotatable bonds is 5. The van der Waals surface area contributed by atoms with Crippen LogP contribution in [0.25, 0.3) is 0 Å². The van der Waals surface area contributed by atoms with Crippen LogP contribution in [0.2, 0.25) is 0 Å².